The average molecular weight is 423 g/mol. The Balaban J connectivity index is 1.83. The van der Waals surface area contributed by atoms with E-state index in [0.717, 1.165) is 25.3 Å². The van der Waals surface area contributed by atoms with Crippen LogP contribution in [0.5, 0.6) is 5.75 Å². The summed E-state index contributed by atoms with van der Waals surface area (Å²) in [5, 5.41) is 11.5. The summed E-state index contributed by atoms with van der Waals surface area (Å²) in [6, 6.07) is 3.34. The van der Waals surface area contributed by atoms with Crippen LogP contribution in [0.15, 0.2) is 34.9 Å². The molecular formula is C20H24F3N5O2. The zero-order valence-corrected chi connectivity index (χ0v) is 16.6. The molecule has 0 spiro atoms. The molecule has 0 bridgehead atoms. The van der Waals surface area contributed by atoms with Gasteiger partial charge in [0.15, 0.2) is 5.96 Å². The van der Waals surface area contributed by atoms with Crippen molar-refractivity contribution in [1.29, 1.82) is 5.41 Å². The number of aromatic nitrogens is 2. The zero-order valence-electron chi connectivity index (χ0n) is 16.6. The second-order valence-electron chi connectivity index (χ2n) is 6.97. The lowest BCUT2D eigenvalue weighted by atomic mass is 10.1. The maximum absolute atomic E-state index is 13.6. The molecule has 1 saturated heterocycles. The molecule has 1 unspecified atom stereocenters. The van der Waals surface area contributed by atoms with Crippen molar-refractivity contribution < 1.29 is 22.4 Å². The number of nitrogens with zero attached hydrogens (tertiary/aromatic N) is 3. The number of nitrogens with two attached hydrogens (primary N) is 1. The number of likely N-dealkylation sites (tertiary alicyclic amines) is 1. The number of hydrogen-bond donors (Lipinski definition) is 2. The molecule has 1 aromatic carbocycles. The summed E-state index contributed by atoms with van der Waals surface area (Å²) < 4.78 is 51.3. The second kappa shape index (κ2) is 9.19. The molecule has 3 N–H and O–H groups in total. The number of nitrogens with one attached hydrogen (secondary N) is 1. The maximum atomic E-state index is 13.6. The van der Waals surface area contributed by atoms with Crippen LogP contribution in [0.3, 0.4) is 0 Å². The van der Waals surface area contributed by atoms with Gasteiger partial charge < -0.3 is 19.9 Å². The minimum atomic E-state index is -4.60. The Labute approximate surface area is 172 Å². The van der Waals surface area contributed by atoms with Crippen LogP contribution in [0.1, 0.15) is 50.1 Å². The van der Waals surface area contributed by atoms with Gasteiger partial charge in [-0.2, -0.15) is 18.2 Å². The van der Waals surface area contributed by atoms with E-state index in [4.69, 9.17) is 20.4 Å². The molecule has 0 saturated carbocycles. The van der Waals surface area contributed by atoms with Crippen molar-refractivity contribution in [2.24, 2.45) is 5.73 Å². The van der Waals surface area contributed by atoms with Gasteiger partial charge in [-0.3, -0.25) is 5.41 Å². The first-order valence-corrected chi connectivity index (χ1v) is 9.75. The first-order valence-electron chi connectivity index (χ1n) is 9.75. The number of guanidine groups is 1. The molecule has 162 valence electrons. The lowest BCUT2D eigenvalue weighted by Gasteiger charge is -2.21. The normalized spacial score (nSPS) is 17.1. The Morgan fingerprint density at radius 3 is 2.90 bits per heavy atom. The topological polar surface area (TPSA) is 101 Å². The van der Waals surface area contributed by atoms with Gasteiger partial charge in [0.05, 0.1) is 5.56 Å². The Hall–Kier alpha value is -3.04. The van der Waals surface area contributed by atoms with E-state index in [9.17, 15) is 13.2 Å². The van der Waals surface area contributed by atoms with Crippen molar-refractivity contribution in [2.45, 2.75) is 44.8 Å². The fourth-order valence-corrected chi connectivity index (χ4v) is 3.31. The highest BCUT2D eigenvalue weighted by Crippen LogP contribution is 2.39. The predicted octanol–water partition coefficient (Wildman–Crippen LogP) is 4.52. The molecule has 30 heavy (non-hydrogen) atoms. The molecule has 0 amide bonds. The smallest absolute Gasteiger partial charge is 0.419 e. The van der Waals surface area contributed by atoms with Crippen molar-refractivity contribution >= 4 is 5.96 Å². The number of hydrogen-bond acceptors (Lipinski definition) is 5. The van der Waals surface area contributed by atoms with Crippen LogP contribution in [0.25, 0.3) is 11.4 Å². The van der Waals surface area contributed by atoms with Crippen LogP contribution in [-0.2, 0) is 6.18 Å². The van der Waals surface area contributed by atoms with E-state index in [2.05, 4.69) is 10.1 Å². The highest BCUT2D eigenvalue weighted by Gasteiger charge is 2.36. The molecule has 2 heterocycles. The molecule has 0 radical (unpaired) electrons. The van der Waals surface area contributed by atoms with Gasteiger partial charge >= 0.3 is 6.18 Å². The minimum Gasteiger partial charge on any atom is -0.489 e. The summed E-state index contributed by atoms with van der Waals surface area (Å²) in [6.45, 7) is 2.66. The molecular weight excluding hydrogens is 399 g/mol. The van der Waals surface area contributed by atoms with Crippen molar-refractivity contribution in [2.75, 3.05) is 13.2 Å². The number of allylic oxidation sites excluding steroid dienone is 1. The monoisotopic (exact) mass is 423 g/mol. The summed E-state index contributed by atoms with van der Waals surface area (Å²) in [5.74, 6) is -0.0892. The predicted molar refractivity (Wildman–Crippen MR) is 105 cm³/mol. The van der Waals surface area contributed by atoms with Crippen molar-refractivity contribution in [3.05, 3.63) is 41.8 Å². The quantitative estimate of drug-likeness (QED) is 0.386. The van der Waals surface area contributed by atoms with Crippen LogP contribution < -0.4 is 10.5 Å². The van der Waals surface area contributed by atoms with Gasteiger partial charge in [-0.25, -0.2) is 0 Å². The molecule has 7 nitrogen and oxygen atoms in total. The molecule has 10 heteroatoms. The van der Waals surface area contributed by atoms with Gasteiger partial charge in [-0.1, -0.05) is 30.7 Å². The molecule has 1 atom stereocenters. The number of alkyl halides is 3. The molecule has 1 aromatic heterocycles. The van der Waals surface area contributed by atoms with E-state index < -0.39 is 11.7 Å². The van der Waals surface area contributed by atoms with E-state index in [-0.39, 0.29) is 41.6 Å². The number of halogens is 3. The SMILES string of the molecule is CCCC=CCOc1ccc(-c2noc(C3CCCN3C(=N)N)n2)cc1C(F)(F)F. The fraction of sp³-hybridized carbons (Fsp3) is 0.450. The lowest BCUT2D eigenvalue weighted by Crippen LogP contribution is -2.35. The third-order valence-corrected chi connectivity index (χ3v) is 4.79. The van der Waals surface area contributed by atoms with Gasteiger partial charge in [0.2, 0.25) is 11.7 Å². The van der Waals surface area contributed by atoms with Crippen LogP contribution in [0.4, 0.5) is 13.2 Å². The first kappa shape index (κ1) is 21.7. The molecule has 0 aliphatic carbocycles. The molecule has 1 aliphatic rings. The maximum Gasteiger partial charge on any atom is 0.419 e. The molecule has 1 aliphatic heterocycles. The summed E-state index contributed by atoms with van der Waals surface area (Å²) in [6.07, 6.45) is 2.25. The third-order valence-electron chi connectivity index (χ3n) is 4.79. The fourth-order valence-electron chi connectivity index (χ4n) is 3.31. The first-order chi connectivity index (χ1) is 14.3. The van der Waals surface area contributed by atoms with E-state index >= 15 is 0 Å². The highest BCUT2D eigenvalue weighted by molar-refractivity contribution is 5.75. The van der Waals surface area contributed by atoms with Gasteiger partial charge in [-0.15, -0.1) is 0 Å². The van der Waals surface area contributed by atoms with E-state index in [0.29, 0.717) is 13.0 Å². The van der Waals surface area contributed by atoms with E-state index in [1.54, 1.807) is 11.0 Å². The third kappa shape index (κ3) is 4.92. The molecule has 1 fully saturated rings. The number of unbranched alkanes of at least 4 members (excludes halogenated alkanes) is 1. The Bertz CT molecular complexity index is 910. The van der Waals surface area contributed by atoms with Crippen molar-refractivity contribution in [3.8, 4) is 17.1 Å². The van der Waals surface area contributed by atoms with Gasteiger partial charge in [0.25, 0.3) is 0 Å². The largest absolute Gasteiger partial charge is 0.489 e. The van der Waals surface area contributed by atoms with Crippen LogP contribution in [0.2, 0.25) is 0 Å². The van der Waals surface area contributed by atoms with E-state index in [1.165, 1.54) is 12.1 Å². The van der Waals surface area contributed by atoms with Crippen LogP contribution in [0, 0.1) is 5.41 Å². The second-order valence-corrected chi connectivity index (χ2v) is 6.97. The number of rotatable bonds is 7. The van der Waals surface area contributed by atoms with Crippen LogP contribution >= 0.6 is 0 Å². The Kier molecular flexibility index (Phi) is 6.63. The Morgan fingerprint density at radius 2 is 2.20 bits per heavy atom. The number of ether oxygens (including phenoxy) is 1. The lowest BCUT2D eigenvalue weighted by molar-refractivity contribution is -0.138. The summed E-state index contributed by atoms with van der Waals surface area (Å²) in [7, 11) is 0. The standard InChI is InChI=1S/C20H24F3N5O2/c1-2-3-4-5-11-29-16-9-8-13(12-14(16)20(21,22)23)17-26-18(30-27-17)15-7-6-10-28(15)19(24)25/h4-5,8-9,12,15H,2-3,6-7,10-11H2,1H3,(H3,24,25). The highest BCUT2D eigenvalue weighted by atomic mass is 19.4. The van der Waals surface area contributed by atoms with E-state index in [1.807, 2.05) is 13.0 Å². The zero-order chi connectivity index (χ0) is 21.7. The molecule has 3 rings (SSSR count). The summed E-state index contributed by atoms with van der Waals surface area (Å²) in [4.78, 5) is 5.88. The van der Waals surface area contributed by atoms with Gasteiger partial charge in [0.1, 0.15) is 18.4 Å². The average Bonchev–Trinajstić information content (AvgIpc) is 3.36. The minimum absolute atomic E-state index is 0.0419. The summed E-state index contributed by atoms with van der Waals surface area (Å²) >= 11 is 0. The van der Waals surface area contributed by atoms with Crippen molar-refractivity contribution in [3.63, 3.8) is 0 Å². The van der Waals surface area contributed by atoms with Gasteiger partial charge in [-0.05, 0) is 37.5 Å². The number of benzene rings is 1. The van der Waals surface area contributed by atoms with Gasteiger partial charge in [0, 0.05) is 12.1 Å². The van der Waals surface area contributed by atoms with Crippen LogP contribution in [-0.4, -0.2) is 34.2 Å². The Morgan fingerprint density at radius 1 is 1.40 bits per heavy atom. The summed E-state index contributed by atoms with van der Waals surface area (Å²) in [5.41, 5.74) is 4.83. The van der Waals surface area contributed by atoms with Crippen molar-refractivity contribution in [1.82, 2.24) is 15.0 Å². The molecule has 2 aromatic rings.